The van der Waals surface area contributed by atoms with Crippen LogP contribution in [0.2, 0.25) is 0 Å². The third-order valence-corrected chi connectivity index (χ3v) is 6.91. The highest BCUT2D eigenvalue weighted by molar-refractivity contribution is 7.89. The molecule has 8 nitrogen and oxygen atoms in total. The number of sulfonamides is 1. The van der Waals surface area contributed by atoms with Crippen molar-refractivity contribution < 1.29 is 36.0 Å². The maximum absolute atomic E-state index is 12.8. The molecule has 0 N–H and O–H groups in total. The Balaban J connectivity index is 1.54. The van der Waals surface area contributed by atoms with E-state index in [9.17, 15) is 26.4 Å². The SMILES string of the molecule is CN(C)C(=O)c1cccc(CON=C2CCN(S(=O)(=O)c3ccc(OC(F)(F)F)cc3)CC2)c1. The summed E-state index contributed by atoms with van der Waals surface area (Å²) in [4.78, 5) is 18.8. The summed E-state index contributed by atoms with van der Waals surface area (Å²) in [5.41, 5.74) is 2.01. The first-order valence-corrected chi connectivity index (χ1v) is 11.7. The van der Waals surface area contributed by atoms with Gasteiger partial charge in [0.05, 0.1) is 10.6 Å². The Kier molecular flexibility index (Phi) is 7.82. The Hall–Kier alpha value is -3.12. The lowest BCUT2D eigenvalue weighted by molar-refractivity contribution is -0.274. The first-order valence-electron chi connectivity index (χ1n) is 10.3. The molecule has 0 atom stereocenters. The van der Waals surface area contributed by atoms with Gasteiger partial charge in [-0.1, -0.05) is 17.3 Å². The molecule has 184 valence electrons. The van der Waals surface area contributed by atoms with Crippen LogP contribution in [0, 0.1) is 0 Å². The molecular weight excluding hydrogens is 475 g/mol. The van der Waals surface area contributed by atoms with E-state index in [1.807, 2.05) is 6.07 Å². The molecule has 2 aromatic carbocycles. The molecule has 0 unspecified atom stereocenters. The molecule has 0 aliphatic carbocycles. The van der Waals surface area contributed by atoms with E-state index < -0.39 is 22.1 Å². The van der Waals surface area contributed by atoms with Crippen LogP contribution >= 0.6 is 0 Å². The highest BCUT2D eigenvalue weighted by atomic mass is 32.2. The topological polar surface area (TPSA) is 88.5 Å². The van der Waals surface area contributed by atoms with Gasteiger partial charge in [-0.25, -0.2) is 8.42 Å². The summed E-state index contributed by atoms with van der Waals surface area (Å²) >= 11 is 0. The molecule has 3 rings (SSSR count). The van der Waals surface area contributed by atoms with Crippen LogP contribution in [0.1, 0.15) is 28.8 Å². The number of nitrogens with zero attached hydrogens (tertiary/aromatic N) is 3. The molecule has 0 aromatic heterocycles. The number of piperidine rings is 1. The van der Waals surface area contributed by atoms with Crippen molar-refractivity contribution in [3.8, 4) is 5.75 Å². The maximum Gasteiger partial charge on any atom is 0.573 e. The molecule has 0 spiro atoms. The number of carbonyl (C=O) groups excluding carboxylic acids is 1. The highest BCUT2D eigenvalue weighted by Crippen LogP contribution is 2.26. The minimum atomic E-state index is -4.85. The van der Waals surface area contributed by atoms with Gasteiger partial charge in [-0.3, -0.25) is 4.79 Å². The Morgan fingerprint density at radius 1 is 1.09 bits per heavy atom. The van der Waals surface area contributed by atoms with Crippen LogP contribution in [-0.2, 0) is 21.5 Å². The predicted octanol–water partition coefficient (Wildman–Crippen LogP) is 3.64. The number of halogens is 3. The zero-order valence-electron chi connectivity index (χ0n) is 18.6. The van der Waals surface area contributed by atoms with Crippen molar-refractivity contribution in [3.05, 3.63) is 59.7 Å². The van der Waals surface area contributed by atoms with E-state index in [-0.39, 0.29) is 30.5 Å². The summed E-state index contributed by atoms with van der Waals surface area (Å²) in [6.45, 7) is 0.489. The number of amides is 1. The van der Waals surface area contributed by atoms with Gasteiger partial charge in [0.25, 0.3) is 5.91 Å². The third-order valence-electron chi connectivity index (χ3n) is 5.00. The largest absolute Gasteiger partial charge is 0.573 e. The molecule has 1 amide bonds. The second-order valence-corrected chi connectivity index (χ2v) is 9.69. The standard InChI is InChI=1S/C22H24F3N3O5S/c1-27(2)21(29)17-5-3-4-16(14-17)15-32-26-18-10-12-28(13-11-18)34(30,31)20-8-6-19(7-9-20)33-22(23,24)25/h3-9,14H,10-13,15H2,1-2H3. The third kappa shape index (κ3) is 6.70. The Labute approximate surface area is 195 Å². The number of hydrogen-bond donors (Lipinski definition) is 0. The zero-order valence-corrected chi connectivity index (χ0v) is 19.4. The van der Waals surface area contributed by atoms with Crippen molar-refractivity contribution in [3.63, 3.8) is 0 Å². The molecular formula is C22H24F3N3O5S. The van der Waals surface area contributed by atoms with Crippen molar-refractivity contribution in [2.75, 3.05) is 27.2 Å². The van der Waals surface area contributed by atoms with E-state index >= 15 is 0 Å². The van der Waals surface area contributed by atoms with Crippen molar-refractivity contribution in [1.82, 2.24) is 9.21 Å². The molecule has 12 heteroatoms. The Morgan fingerprint density at radius 2 is 1.74 bits per heavy atom. The monoisotopic (exact) mass is 499 g/mol. The van der Waals surface area contributed by atoms with Gasteiger partial charge in [0.1, 0.15) is 12.4 Å². The van der Waals surface area contributed by atoms with Gasteiger partial charge in [-0.2, -0.15) is 4.31 Å². The Morgan fingerprint density at radius 3 is 2.32 bits per heavy atom. The molecule has 1 saturated heterocycles. The van der Waals surface area contributed by atoms with E-state index in [0.717, 1.165) is 29.8 Å². The van der Waals surface area contributed by atoms with Crippen LogP contribution in [-0.4, -0.2) is 62.8 Å². The zero-order chi connectivity index (χ0) is 24.9. The summed E-state index contributed by atoms with van der Waals surface area (Å²) in [5.74, 6) is -0.613. The van der Waals surface area contributed by atoms with E-state index in [4.69, 9.17) is 4.84 Å². The molecule has 0 saturated carbocycles. The van der Waals surface area contributed by atoms with E-state index in [1.54, 1.807) is 32.3 Å². The summed E-state index contributed by atoms with van der Waals surface area (Å²) < 4.78 is 67.4. The molecule has 1 fully saturated rings. The van der Waals surface area contributed by atoms with Crippen molar-refractivity contribution in [2.24, 2.45) is 5.16 Å². The molecule has 1 heterocycles. The second-order valence-electron chi connectivity index (χ2n) is 7.75. The first kappa shape index (κ1) is 25.5. The minimum Gasteiger partial charge on any atom is -0.406 e. The van der Waals surface area contributed by atoms with Gasteiger partial charge in [0, 0.05) is 45.6 Å². The van der Waals surface area contributed by atoms with E-state index in [2.05, 4.69) is 9.89 Å². The normalized spacial score (nSPS) is 15.0. The number of carbonyl (C=O) groups is 1. The number of oxime groups is 1. The van der Waals surface area contributed by atoms with Gasteiger partial charge < -0.3 is 14.5 Å². The molecule has 2 aromatic rings. The van der Waals surface area contributed by atoms with Crippen molar-refractivity contribution in [1.29, 1.82) is 0 Å². The number of ether oxygens (including phenoxy) is 1. The van der Waals surface area contributed by atoms with Crippen molar-refractivity contribution in [2.45, 2.75) is 30.7 Å². The molecule has 1 aliphatic heterocycles. The fraction of sp³-hybridized carbons (Fsp3) is 0.364. The van der Waals surface area contributed by atoms with Gasteiger partial charge in [0.2, 0.25) is 10.0 Å². The van der Waals surface area contributed by atoms with Crippen LogP contribution in [0.15, 0.2) is 58.6 Å². The van der Waals surface area contributed by atoms with Crippen molar-refractivity contribution >= 4 is 21.6 Å². The molecule has 1 aliphatic rings. The van der Waals surface area contributed by atoms with Crippen LogP contribution in [0.4, 0.5) is 13.2 Å². The lowest BCUT2D eigenvalue weighted by Crippen LogP contribution is -2.38. The smallest absolute Gasteiger partial charge is 0.406 e. The average Bonchev–Trinajstić information content (AvgIpc) is 2.78. The lowest BCUT2D eigenvalue weighted by Gasteiger charge is -2.26. The quantitative estimate of drug-likeness (QED) is 0.543. The van der Waals surface area contributed by atoms with Crippen LogP contribution < -0.4 is 4.74 Å². The van der Waals surface area contributed by atoms with Gasteiger partial charge in [0.15, 0.2) is 0 Å². The summed E-state index contributed by atoms with van der Waals surface area (Å²) in [6.07, 6.45) is -4.14. The predicted molar refractivity (Wildman–Crippen MR) is 118 cm³/mol. The van der Waals surface area contributed by atoms with Gasteiger partial charge in [-0.15, -0.1) is 13.2 Å². The summed E-state index contributed by atoms with van der Waals surface area (Å²) in [6, 6.07) is 11.1. The maximum atomic E-state index is 12.8. The molecule has 34 heavy (non-hydrogen) atoms. The molecule has 0 bridgehead atoms. The van der Waals surface area contributed by atoms with E-state index in [1.165, 1.54) is 9.21 Å². The van der Waals surface area contributed by atoms with Gasteiger partial charge in [-0.05, 0) is 42.0 Å². The number of rotatable bonds is 7. The van der Waals surface area contributed by atoms with E-state index in [0.29, 0.717) is 24.1 Å². The average molecular weight is 500 g/mol. The second kappa shape index (κ2) is 10.4. The van der Waals surface area contributed by atoms with Gasteiger partial charge >= 0.3 is 6.36 Å². The minimum absolute atomic E-state index is 0.120. The Bertz CT molecular complexity index is 1140. The molecule has 0 radical (unpaired) electrons. The fourth-order valence-electron chi connectivity index (χ4n) is 3.29. The van der Waals surface area contributed by atoms with Crippen LogP contribution in [0.3, 0.4) is 0 Å². The highest BCUT2D eigenvalue weighted by Gasteiger charge is 2.32. The lowest BCUT2D eigenvalue weighted by atomic mass is 10.1. The number of hydrogen-bond acceptors (Lipinski definition) is 6. The first-order chi connectivity index (χ1) is 16.0. The van der Waals surface area contributed by atoms with Crippen LogP contribution in [0.25, 0.3) is 0 Å². The number of benzene rings is 2. The fourth-order valence-corrected chi connectivity index (χ4v) is 4.73. The summed E-state index contributed by atoms with van der Waals surface area (Å²) in [5, 5.41) is 4.10. The summed E-state index contributed by atoms with van der Waals surface area (Å²) in [7, 11) is -0.528. The number of alkyl halides is 3. The van der Waals surface area contributed by atoms with Crippen LogP contribution in [0.5, 0.6) is 5.75 Å².